The van der Waals surface area contributed by atoms with Crippen LogP contribution in [-0.2, 0) is 18.3 Å². The van der Waals surface area contributed by atoms with Gasteiger partial charge in [-0.25, -0.2) is 0 Å². The van der Waals surface area contributed by atoms with Gasteiger partial charge in [0.2, 0.25) is 0 Å². The maximum Gasteiger partial charge on any atom is 0.259 e. The Morgan fingerprint density at radius 1 is 1.16 bits per heavy atom. The number of fused-ring (bicyclic) bond motifs is 1. The second kappa shape index (κ2) is 9.71. The molecule has 1 unspecified atom stereocenters. The van der Waals surface area contributed by atoms with Gasteiger partial charge in [-0.05, 0) is 55.5 Å². The fourth-order valence-electron chi connectivity index (χ4n) is 4.59. The molecule has 3 aromatic rings. The van der Waals surface area contributed by atoms with Crippen molar-refractivity contribution in [3.63, 3.8) is 0 Å². The van der Waals surface area contributed by atoms with Crippen molar-refractivity contribution >= 4 is 10.8 Å². The summed E-state index contributed by atoms with van der Waals surface area (Å²) in [4.78, 5) is 19.1. The zero-order chi connectivity index (χ0) is 22.7. The molecule has 1 aromatic carbocycles. The van der Waals surface area contributed by atoms with Crippen molar-refractivity contribution in [1.29, 1.82) is 0 Å². The molecular weight excluding hydrogens is 406 g/mol. The normalized spacial score (nSPS) is 16.9. The second-order valence-electron chi connectivity index (χ2n) is 8.19. The lowest BCUT2D eigenvalue weighted by atomic mass is 9.98. The topological polar surface area (TPSA) is 65.8 Å². The van der Waals surface area contributed by atoms with Gasteiger partial charge >= 0.3 is 0 Å². The van der Waals surface area contributed by atoms with Gasteiger partial charge < -0.3 is 18.8 Å². The molecule has 0 radical (unpaired) electrons. The molecule has 0 N–H and O–H groups in total. The first-order valence-electron chi connectivity index (χ1n) is 11.1. The number of rotatable bonds is 7. The zero-order valence-electron chi connectivity index (χ0n) is 19.3. The van der Waals surface area contributed by atoms with Crippen molar-refractivity contribution in [1.82, 2.24) is 14.5 Å². The van der Waals surface area contributed by atoms with Crippen LogP contribution in [0.3, 0.4) is 0 Å². The van der Waals surface area contributed by atoms with Gasteiger partial charge in [-0.15, -0.1) is 0 Å². The average Bonchev–Trinajstić information content (AvgIpc) is 2.82. The number of hydrogen-bond acceptors (Lipinski definition) is 6. The standard InChI is InChI=1S/C25H31N3O4/c1-5-32-18-7-6-10-28(14-18)16-22-23(30-3)11-17(12-24(22)31-4)21-15-27(2)25(29)20-13-26-9-8-19(20)21/h8-9,11-13,15,18H,5-7,10,14,16H2,1-4H3. The first kappa shape index (κ1) is 22.3. The van der Waals surface area contributed by atoms with Crippen molar-refractivity contribution in [3.8, 4) is 22.6 Å². The number of methoxy groups -OCH3 is 2. The number of ether oxygens (including phenoxy) is 3. The Balaban J connectivity index is 1.75. The number of benzene rings is 1. The molecule has 32 heavy (non-hydrogen) atoms. The van der Waals surface area contributed by atoms with Crippen LogP contribution >= 0.6 is 0 Å². The lowest BCUT2D eigenvalue weighted by Crippen LogP contribution is -2.39. The Labute approximate surface area is 188 Å². The van der Waals surface area contributed by atoms with E-state index in [1.54, 1.807) is 38.2 Å². The monoisotopic (exact) mass is 437 g/mol. The summed E-state index contributed by atoms with van der Waals surface area (Å²) in [6, 6.07) is 5.93. The first-order valence-corrected chi connectivity index (χ1v) is 11.1. The van der Waals surface area contributed by atoms with Gasteiger partial charge in [-0.2, -0.15) is 0 Å². The molecule has 4 rings (SSSR count). The van der Waals surface area contributed by atoms with Crippen LogP contribution < -0.4 is 15.0 Å². The predicted octanol–water partition coefficient (Wildman–Crippen LogP) is 3.62. The molecule has 2 aromatic heterocycles. The quantitative estimate of drug-likeness (QED) is 0.563. The Kier molecular flexibility index (Phi) is 6.77. The number of nitrogens with zero attached hydrogens (tertiary/aromatic N) is 3. The molecule has 3 heterocycles. The van der Waals surface area contributed by atoms with E-state index < -0.39 is 0 Å². The Hall–Kier alpha value is -2.90. The highest BCUT2D eigenvalue weighted by atomic mass is 16.5. The Morgan fingerprint density at radius 3 is 2.59 bits per heavy atom. The molecule has 7 heteroatoms. The summed E-state index contributed by atoms with van der Waals surface area (Å²) in [5, 5.41) is 1.44. The minimum atomic E-state index is -0.0682. The highest BCUT2D eigenvalue weighted by molar-refractivity contribution is 5.95. The number of likely N-dealkylation sites (tertiary alicyclic amines) is 1. The molecule has 0 amide bonds. The Morgan fingerprint density at radius 2 is 1.91 bits per heavy atom. The van der Waals surface area contributed by atoms with E-state index in [-0.39, 0.29) is 11.7 Å². The number of hydrogen-bond donors (Lipinski definition) is 0. The van der Waals surface area contributed by atoms with Crippen LogP contribution in [0.5, 0.6) is 11.5 Å². The van der Waals surface area contributed by atoms with Crippen LogP contribution in [0.15, 0.2) is 41.6 Å². The van der Waals surface area contributed by atoms with Crippen molar-refractivity contribution < 1.29 is 14.2 Å². The summed E-state index contributed by atoms with van der Waals surface area (Å²) in [6.45, 7) is 5.44. The molecule has 0 spiro atoms. The van der Waals surface area contributed by atoms with Crippen molar-refractivity contribution in [3.05, 3.63) is 52.7 Å². The highest BCUT2D eigenvalue weighted by Crippen LogP contribution is 2.38. The van der Waals surface area contributed by atoms with E-state index in [4.69, 9.17) is 14.2 Å². The van der Waals surface area contributed by atoms with Crippen LogP contribution in [0.25, 0.3) is 21.9 Å². The van der Waals surface area contributed by atoms with Crippen molar-refractivity contribution in [2.24, 2.45) is 7.05 Å². The van der Waals surface area contributed by atoms with Gasteiger partial charge in [0.25, 0.3) is 5.56 Å². The second-order valence-corrected chi connectivity index (χ2v) is 8.19. The van der Waals surface area contributed by atoms with Crippen LogP contribution in [-0.4, -0.2) is 54.5 Å². The summed E-state index contributed by atoms with van der Waals surface area (Å²) in [6.07, 6.45) is 7.68. The van der Waals surface area contributed by atoms with Crippen LogP contribution in [0.4, 0.5) is 0 Å². The molecule has 1 fully saturated rings. The molecule has 1 aliphatic rings. The maximum atomic E-state index is 12.6. The van der Waals surface area contributed by atoms with Crippen LogP contribution in [0, 0.1) is 0 Å². The van der Waals surface area contributed by atoms with E-state index >= 15 is 0 Å². The molecule has 7 nitrogen and oxygen atoms in total. The summed E-state index contributed by atoms with van der Waals surface area (Å²) in [5.74, 6) is 1.54. The summed E-state index contributed by atoms with van der Waals surface area (Å²) in [7, 11) is 5.13. The van der Waals surface area contributed by atoms with E-state index in [1.807, 2.05) is 31.3 Å². The molecule has 1 saturated heterocycles. The van der Waals surface area contributed by atoms with Gasteiger partial charge in [-0.3, -0.25) is 14.7 Å². The number of aryl methyl sites for hydroxylation is 1. The van der Waals surface area contributed by atoms with Gasteiger partial charge in [0.1, 0.15) is 11.5 Å². The fourth-order valence-corrected chi connectivity index (χ4v) is 4.59. The Bertz CT molecular complexity index is 1130. The first-order chi connectivity index (χ1) is 15.5. The predicted molar refractivity (Wildman–Crippen MR) is 125 cm³/mol. The molecule has 170 valence electrons. The molecule has 0 saturated carbocycles. The SMILES string of the molecule is CCOC1CCCN(Cc2c(OC)cc(-c3cn(C)c(=O)c4cnccc34)cc2OC)C1. The number of pyridine rings is 2. The molecule has 0 aliphatic carbocycles. The minimum Gasteiger partial charge on any atom is -0.496 e. The maximum absolute atomic E-state index is 12.6. The average molecular weight is 438 g/mol. The highest BCUT2D eigenvalue weighted by Gasteiger charge is 2.23. The van der Waals surface area contributed by atoms with E-state index in [0.29, 0.717) is 5.39 Å². The largest absolute Gasteiger partial charge is 0.496 e. The zero-order valence-corrected chi connectivity index (χ0v) is 19.3. The van der Waals surface area contributed by atoms with E-state index in [9.17, 15) is 4.79 Å². The molecule has 0 bridgehead atoms. The third-order valence-electron chi connectivity index (χ3n) is 6.15. The van der Waals surface area contributed by atoms with Crippen molar-refractivity contribution in [2.45, 2.75) is 32.4 Å². The summed E-state index contributed by atoms with van der Waals surface area (Å²) in [5.41, 5.74) is 2.81. The minimum absolute atomic E-state index is 0.0682. The molecule has 1 aliphatic heterocycles. The van der Waals surface area contributed by atoms with Crippen LogP contribution in [0.2, 0.25) is 0 Å². The number of piperidine rings is 1. The summed E-state index contributed by atoms with van der Waals surface area (Å²) >= 11 is 0. The fraction of sp³-hybridized carbons (Fsp3) is 0.440. The van der Waals surface area contributed by atoms with Crippen LogP contribution in [0.1, 0.15) is 25.3 Å². The van der Waals surface area contributed by atoms with Crippen molar-refractivity contribution in [2.75, 3.05) is 33.9 Å². The number of aromatic nitrogens is 2. The van der Waals surface area contributed by atoms with Gasteiger partial charge in [-0.1, -0.05) is 0 Å². The van der Waals surface area contributed by atoms with Gasteiger partial charge in [0, 0.05) is 50.9 Å². The lowest BCUT2D eigenvalue weighted by molar-refractivity contribution is 0.00328. The van der Waals surface area contributed by atoms with Gasteiger partial charge in [0.05, 0.1) is 31.3 Å². The molecule has 1 atom stereocenters. The third kappa shape index (κ3) is 4.36. The smallest absolute Gasteiger partial charge is 0.259 e. The third-order valence-corrected chi connectivity index (χ3v) is 6.15. The summed E-state index contributed by atoms with van der Waals surface area (Å²) < 4.78 is 19.1. The van der Waals surface area contributed by atoms with E-state index in [1.165, 1.54) is 0 Å². The van der Waals surface area contributed by atoms with E-state index in [2.05, 4.69) is 9.88 Å². The molecular formula is C25H31N3O4. The van der Waals surface area contributed by atoms with Gasteiger partial charge in [0.15, 0.2) is 0 Å². The lowest BCUT2D eigenvalue weighted by Gasteiger charge is -2.33. The van der Waals surface area contributed by atoms with E-state index in [0.717, 1.165) is 72.7 Å².